The summed E-state index contributed by atoms with van der Waals surface area (Å²) in [7, 11) is 0. The van der Waals surface area contributed by atoms with Crippen molar-refractivity contribution in [1.82, 2.24) is 0 Å². The Morgan fingerprint density at radius 1 is 1.47 bits per heavy atom. The Morgan fingerprint density at radius 2 is 2.21 bits per heavy atom. The molecular weight excluding hydrogens is 243 g/mol. The number of benzene rings is 1. The van der Waals surface area contributed by atoms with Crippen molar-refractivity contribution < 1.29 is 13.9 Å². The van der Waals surface area contributed by atoms with Gasteiger partial charge in [-0.15, -0.1) is 0 Å². The fourth-order valence-electron chi connectivity index (χ4n) is 3.03. The largest absolute Gasteiger partial charge is 0.451 e. The summed E-state index contributed by atoms with van der Waals surface area (Å²) in [4.78, 5) is 11.9. The fourth-order valence-corrected chi connectivity index (χ4v) is 3.03. The number of esters is 1. The van der Waals surface area contributed by atoms with Gasteiger partial charge in [0, 0.05) is 17.1 Å². The van der Waals surface area contributed by atoms with Crippen molar-refractivity contribution in [2.45, 2.75) is 38.2 Å². The van der Waals surface area contributed by atoms with Crippen molar-refractivity contribution >= 4 is 5.97 Å². The topological polar surface area (TPSA) is 26.3 Å². The molecule has 0 aromatic heterocycles. The van der Waals surface area contributed by atoms with Crippen LogP contribution in [0.1, 0.15) is 37.3 Å². The van der Waals surface area contributed by atoms with Crippen LogP contribution in [-0.4, -0.2) is 5.97 Å². The highest BCUT2D eigenvalue weighted by molar-refractivity contribution is 5.87. The molecule has 0 amide bonds. The van der Waals surface area contributed by atoms with Crippen LogP contribution >= 0.6 is 0 Å². The van der Waals surface area contributed by atoms with Gasteiger partial charge < -0.3 is 4.74 Å². The van der Waals surface area contributed by atoms with Crippen molar-refractivity contribution in [2.24, 2.45) is 5.92 Å². The number of carbonyl (C=O) groups is 1. The van der Waals surface area contributed by atoms with Crippen LogP contribution < -0.4 is 0 Å². The Hall–Kier alpha value is -1.64. The predicted octanol–water partition coefficient (Wildman–Crippen LogP) is 3.50. The standard InChI is InChI=1S/C16H17FO2/c1-10(2)15(18)19-16(12-4-5-12)8-7-11-3-6-13(17)9-14(11)16/h3,6,9,12H,1,4-5,7-8H2,2H3. The Morgan fingerprint density at radius 3 is 2.84 bits per heavy atom. The van der Waals surface area contributed by atoms with Crippen molar-refractivity contribution in [2.75, 3.05) is 0 Å². The second-order valence-corrected chi connectivity index (χ2v) is 5.64. The molecule has 0 bridgehead atoms. The maximum atomic E-state index is 13.5. The van der Waals surface area contributed by atoms with Gasteiger partial charge in [0.1, 0.15) is 11.4 Å². The maximum absolute atomic E-state index is 13.5. The lowest BCUT2D eigenvalue weighted by Crippen LogP contribution is -2.33. The SMILES string of the molecule is C=C(C)C(=O)OC1(C2CC2)CCc2ccc(F)cc21. The highest BCUT2D eigenvalue weighted by Gasteiger charge is 2.53. The lowest BCUT2D eigenvalue weighted by atomic mass is 9.90. The Balaban J connectivity index is 2.02. The van der Waals surface area contributed by atoms with E-state index in [4.69, 9.17) is 4.74 Å². The first kappa shape index (κ1) is 12.4. The van der Waals surface area contributed by atoms with E-state index in [9.17, 15) is 9.18 Å². The molecule has 1 saturated carbocycles. The molecule has 0 spiro atoms. The molecule has 1 atom stereocenters. The van der Waals surface area contributed by atoms with E-state index in [0.717, 1.165) is 36.8 Å². The van der Waals surface area contributed by atoms with Crippen LogP contribution in [0, 0.1) is 11.7 Å². The molecule has 1 aromatic rings. The molecule has 2 aliphatic carbocycles. The van der Waals surface area contributed by atoms with Crippen LogP contribution in [0.25, 0.3) is 0 Å². The van der Waals surface area contributed by atoms with E-state index in [2.05, 4.69) is 6.58 Å². The van der Waals surface area contributed by atoms with Crippen LogP contribution in [0.4, 0.5) is 4.39 Å². The summed E-state index contributed by atoms with van der Waals surface area (Å²) in [5.74, 6) is -0.306. The quantitative estimate of drug-likeness (QED) is 0.614. The van der Waals surface area contributed by atoms with Gasteiger partial charge in [-0.05, 0) is 50.3 Å². The van der Waals surface area contributed by atoms with E-state index in [1.54, 1.807) is 6.92 Å². The number of halogens is 1. The lowest BCUT2D eigenvalue weighted by Gasteiger charge is -2.30. The number of carbonyl (C=O) groups excluding carboxylic acids is 1. The van der Waals surface area contributed by atoms with Crippen LogP contribution in [0.5, 0.6) is 0 Å². The van der Waals surface area contributed by atoms with E-state index in [0.29, 0.717) is 11.5 Å². The summed E-state index contributed by atoms with van der Waals surface area (Å²) in [5, 5.41) is 0. The Kier molecular flexibility index (Phi) is 2.73. The number of ether oxygens (including phenoxy) is 1. The highest BCUT2D eigenvalue weighted by Crippen LogP contribution is 2.55. The van der Waals surface area contributed by atoms with Gasteiger partial charge in [-0.2, -0.15) is 0 Å². The third-order valence-electron chi connectivity index (χ3n) is 4.15. The zero-order valence-electron chi connectivity index (χ0n) is 11.0. The summed E-state index contributed by atoms with van der Waals surface area (Å²) >= 11 is 0. The average molecular weight is 260 g/mol. The second-order valence-electron chi connectivity index (χ2n) is 5.64. The average Bonchev–Trinajstić information content (AvgIpc) is 3.15. The van der Waals surface area contributed by atoms with E-state index in [1.807, 2.05) is 6.07 Å². The van der Waals surface area contributed by atoms with Crippen LogP contribution in [-0.2, 0) is 21.6 Å². The first-order valence-corrected chi connectivity index (χ1v) is 6.71. The molecule has 2 aliphatic rings. The molecule has 1 aromatic carbocycles. The number of fused-ring (bicyclic) bond motifs is 1. The molecule has 19 heavy (non-hydrogen) atoms. The third-order valence-corrected chi connectivity index (χ3v) is 4.15. The van der Waals surface area contributed by atoms with Gasteiger partial charge in [0.05, 0.1) is 0 Å². The molecule has 3 heteroatoms. The van der Waals surface area contributed by atoms with Gasteiger partial charge in [-0.3, -0.25) is 0 Å². The minimum absolute atomic E-state index is 0.267. The predicted molar refractivity (Wildman–Crippen MR) is 70.0 cm³/mol. The Labute approximate surface area is 112 Å². The minimum Gasteiger partial charge on any atom is -0.451 e. The van der Waals surface area contributed by atoms with E-state index in [-0.39, 0.29) is 11.8 Å². The van der Waals surface area contributed by atoms with Crippen LogP contribution in [0.2, 0.25) is 0 Å². The molecule has 0 N–H and O–H groups in total. The van der Waals surface area contributed by atoms with Crippen molar-refractivity contribution in [1.29, 1.82) is 0 Å². The summed E-state index contributed by atoms with van der Waals surface area (Å²) in [5.41, 5.74) is 1.74. The van der Waals surface area contributed by atoms with E-state index >= 15 is 0 Å². The summed E-state index contributed by atoms with van der Waals surface area (Å²) < 4.78 is 19.3. The first-order valence-electron chi connectivity index (χ1n) is 6.71. The fraction of sp³-hybridized carbons (Fsp3) is 0.438. The zero-order chi connectivity index (χ0) is 13.6. The van der Waals surface area contributed by atoms with Gasteiger partial charge in [0.15, 0.2) is 0 Å². The highest BCUT2D eigenvalue weighted by atomic mass is 19.1. The lowest BCUT2D eigenvalue weighted by molar-refractivity contribution is -0.158. The number of hydrogen-bond acceptors (Lipinski definition) is 2. The van der Waals surface area contributed by atoms with Crippen molar-refractivity contribution in [3.8, 4) is 0 Å². The van der Waals surface area contributed by atoms with Gasteiger partial charge in [-0.1, -0.05) is 12.6 Å². The molecule has 100 valence electrons. The van der Waals surface area contributed by atoms with Gasteiger partial charge in [0.25, 0.3) is 0 Å². The molecule has 0 saturated heterocycles. The van der Waals surface area contributed by atoms with Crippen LogP contribution in [0.3, 0.4) is 0 Å². The zero-order valence-corrected chi connectivity index (χ0v) is 11.0. The van der Waals surface area contributed by atoms with Crippen molar-refractivity contribution in [3.05, 3.63) is 47.3 Å². The first-order chi connectivity index (χ1) is 9.03. The minimum atomic E-state index is -0.618. The molecule has 1 fully saturated rings. The molecule has 1 unspecified atom stereocenters. The number of hydrogen-bond donors (Lipinski definition) is 0. The monoisotopic (exact) mass is 260 g/mol. The Bertz CT molecular complexity index is 560. The second kappa shape index (κ2) is 4.19. The normalized spacial score (nSPS) is 24.9. The summed E-state index contributed by atoms with van der Waals surface area (Å²) in [6.45, 7) is 5.28. The van der Waals surface area contributed by atoms with E-state index < -0.39 is 5.60 Å². The molecule has 0 heterocycles. The summed E-state index contributed by atoms with van der Waals surface area (Å²) in [6.07, 6.45) is 3.68. The number of aryl methyl sites for hydroxylation is 1. The summed E-state index contributed by atoms with van der Waals surface area (Å²) in [6, 6.07) is 4.82. The smallest absolute Gasteiger partial charge is 0.334 e. The number of rotatable bonds is 3. The van der Waals surface area contributed by atoms with E-state index in [1.165, 1.54) is 12.1 Å². The maximum Gasteiger partial charge on any atom is 0.334 e. The molecule has 2 nitrogen and oxygen atoms in total. The van der Waals surface area contributed by atoms with Gasteiger partial charge >= 0.3 is 5.97 Å². The third kappa shape index (κ3) is 1.97. The van der Waals surface area contributed by atoms with Gasteiger partial charge in [-0.25, -0.2) is 9.18 Å². The molecule has 0 aliphatic heterocycles. The van der Waals surface area contributed by atoms with Crippen molar-refractivity contribution in [3.63, 3.8) is 0 Å². The molecular formula is C16H17FO2. The molecule has 0 radical (unpaired) electrons. The molecule has 3 rings (SSSR count). The van der Waals surface area contributed by atoms with Gasteiger partial charge in [0.2, 0.25) is 0 Å². The van der Waals surface area contributed by atoms with Crippen LogP contribution in [0.15, 0.2) is 30.4 Å².